The molecule has 0 saturated carbocycles. The van der Waals surface area contributed by atoms with Crippen LogP contribution in [-0.4, -0.2) is 51.7 Å². The minimum absolute atomic E-state index is 0.0820. The molecule has 2 aromatic carbocycles. The molecule has 1 saturated heterocycles. The lowest BCUT2D eigenvalue weighted by Gasteiger charge is -2.36. The molecule has 0 unspecified atom stereocenters. The molecule has 1 aromatic heterocycles. The van der Waals surface area contributed by atoms with Gasteiger partial charge in [0.25, 0.3) is 5.69 Å². The molecule has 0 bridgehead atoms. The molecule has 4 rings (SSSR count). The van der Waals surface area contributed by atoms with Crippen LogP contribution in [0, 0.1) is 10.1 Å². The predicted octanol–water partition coefficient (Wildman–Crippen LogP) is 2.67. The summed E-state index contributed by atoms with van der Waals surface area (Å²) in [6.45, 7) is 2.66. The number of amides is 1. The molecule has 0 atom stereocenters. The number of anilines is 1. The molecule has 1 amide bonds. The van der Waals surface area contributed by atoms with Gasteiger partial charge >= 0.3 is 0 Å². The Morgan fingerprint density at radius 1 is 0.966 bits per heavy atom. The zero-order valence-corrected chi connectivity index (χ0v) is 15.8. The summed E-state index contributed by atoms with van der Waals surface area (Å²) in [4.78, 5) is 27.1. The Morgan fingerprint density at radius 2 is 1.66 bits per heavy atom. The molecule has 1 fully saturated rings. The van der Waals surface area contributed by atoms with Crippen molar-refractivity contribution in [3.63, 3.8) is 0 Å². The lowest BCUT2D eigenvalue weighted by atomic mass is 10.2. The van der Waals surface area contributed by atoms with Crippen LogP contribution in [0.15, 0.2) is 67.0 Å². The average molecular weight is 391 g/mol. The third-order valence-corrected chi connectivity index (χ3v) is 5.07. The largest absolute Gasteiger partial charge is 0.368 e. The number of hydrogen-bond donors (Lipinski definition) is 0. The molecule has 0 radical (unpaired) electrons. The van der Waals surface area contributed by atoms with Crippen LogP contribution in [0.25, 0.3) is 5.69 Å². The Morgan fingerprint density at radius 3 is 2.31 bits per heavy atom. The fourth-order valence-corrected chi connectivity index (χ4v) is 3.46. The van der Waals surface area contributed by atoms with E-state index >= 15 is 0 Å². The van der Waals surface area contributed by atoms with Crippen LogP contribution in [0.4, 0.5) is 11.4 Å². The van der Waals surface area contributed by atoms with Gasteiger partial charge < -0.3 is 9.80 Å². The van der Waals surface area contributed by atoms with Crippen molar-refractivity contribution in [3.05, 3.63) is 82.7 Å². The number of rotatable bonds is 5. The van der Waals surface area contributed by atoms with E-state index in [-0.39, 0.29) is 11.6 Å². The molecule has 1 aliphatic rings. The van der Waals surface area contributed by atoms with Crippen LogP contribution in [0.5, 0.6) is 0 Å². The summed E-state index contributed by atoms with van der Waals surface area (Å²) >= 11 is 0. The lowest BCUT2D eigenvalue weighted by Crippen LogP contribution is -2.49. The number of hydrogen-bond acceptors (Lipinski definition) is 5. The van der Waals surface area contributed by atoms with Gasteiger partial charge in [-0.2, -0.15) is 5.10 Å². The quantitative estimate of drug-likeness (QED) is 0.493. The van der Waals surface area contributed by atoms with Crippen LogP contribution in [0.3, 0.4) is 0 Å². The summed E-state index contributed by atoms with van der Waals surface area (Å²) in [6.07, 6.45) is 3.95. The van der Waals surface area contributed by atoms with Gasteiger partial charge in [0.2, 0.25) is 5.91 Å². The number of piperazine rings is 1. The van der Waals surface area contributed by atoms with E-state index in [1.807, 2.05) is 41.4 Å². The standard InChI is InChI=1S/C21H21N5O3/c27-21(14-17-15-22-25(16-17)19-4-2-1-3-5-19)24-12-10-23(11-13-24)18-6-8-20(9-7-18)26(28)29/h1-9,15-16H,10-14H2. The number of aromatic nitrogens is 2. The minimum atomic E-state index is -0.402. The number of nitro groups is 1. The highest BCUT2D eigenvalue weighted by Crippen LogP contribution is 2.21. The van der Waals surface area contributed by atoms with Crippen molar-refractivity contribution in [1.82, 2.24) is 14.7 Å². The van der Waals surface area contributed by atoms with Crippen LogP contribution >= 0.6 is 0 Å². The average Bonchev–Trinajstić information content (AvgIpc) is 3.23. The highest BCUT2D eigenvalue weighted by Gasteiger charge is 2.22. The second kappa shape index (κ2) is 8.14. The number of non-ortho nitro benzene ring substituents is 1. The zero-order valence-electron chi connectivity index (χ0n) is 15.8. The van der Waals surface area contributed by atoms with E-state index in [2.05, 4.69) is 10.00 Å². The van der Waals surface area contributed by atoms with E-state index in [0.29, 0.717) is 32.6 Å². The van der Waals surface area contributed by atoms with E-state index in [9.17, 15) is 14.9 Å². The summed E-state index contributed by atoms with van der Waals surface area (Å²) in [5.74, 6) is 0.0842. The van der Waals surface area contributed by atoms with Gasteiger partial charge in [-0.1, -0.05) is 18.2 Å². The maximum absolute atomic E-state index is 12.7. The predicted molar refractivity (Wildman–Crippen MR) is 109 cm³/mol. The summed E-state index contributed by atoms with van der Waals surface area (Å²) < 4.78 is 1.77. The van der Waals surface area contributed by atoms with Crippen LogP contribution in [0.2, 0.25) is 0 Å². The lowest BCUT2D eigenvalue weighted by molar-refractivity contribution is -0.384. The van der Waals surface area contributed by atoms with Gasteiger partial charge in [0, 0.05) is 50.2 Å². The normalized spacial score (nSPS) is 14.1. The van der Waals surface area contributed by atoms with Crippen molar-refractivity contribution in [2.45, 2.75) is 6.42 Å². The van der Waals surface area contributed by atoms with Crippen molar-refractivity contribution in [2.75, 3.05) is 31.1 Å². The Balaban J connectivity index is 1.32. The summed E-state index contributed by atoms with van der Waals surface area (Å²) in [5.41, 5.74) is 2.87. The van der Waals surface area contributed by atoms with Gasteiger partial charge in [-0.05, 0) is 29.8 Å². The Bertz CT molecular complexity index is 993. The van der Waals surface area contributed by atoms with Crippen LogP contribution in [0.1, 0.15) is 5.56 Å². The summed E-state index contributed by atoms with van der Waals surface area (Å²) in [7, 11) is 0. The molecular weight excluding hydrogens is 370 g/mol. The zero-order chi connectivity index (χ0) is 20.2. The molecule has 8 nitrogen and oxygen atoms in total. The molecule has 148 valence electrons. The number of para-hydroxylation sites is 1. The van der Waals surface area contributed by atoms with Crippen molar-refractivity contribution < 1.29 is 9.72 Å². The highest BCUT2D eigenvalue weighted by molar-refractivity contribution is 5.79. The molecule has 0 spiro atoms. The van der Waals surface area contributed by atoms with Crippen LogP contribution < -0.4 is 4.90 Å². The second-order valence-electron chi connectivity index (χ2n) is 6.95. The van der Waals surface area contributed by atoms with Crippen molar-refractivity contribution in [3.8, 4) is 5.69 Å². The molecule has 1 aliphatic heterocycles. The van der Waals surface area contributed by atoms with Gasteiger partial charge in [-0.25, -0.2) is 4.68 Å². The monoisotopic (exact) mass is 391 g/mol. The number of nitro benzene ring substituents is 1. The number of carbonyl (C=O) groups is 1. The van der Waals surface area contributed by atoms with Gasteiger partial charge in [-0.3, -0.25) is 14.9 Å². The summed E-state index contributed by atoms with van der Waals surface area (Å²) in [5, 5.41) is 15.1. The van der Waals surface area contributed by atoms with Gasteiger partial charge in [0.05, 0.1) is 23.2 Å². The fourth-order valence-electron chi connectivity index (χ4n) is 3.46. The van der Waals surface area contributed by atoms with E-state index < -0.39 is 4.92 Å². The molecule has 0 aliphatic carbocycles. The minimum Gasteiger partial charge on any atom is -0.368 e. The third kappa shape index (κ3) is 4.26. The maximum atomic E-state index is 12.7. The molecule has 29 heavy (non-hydrogen) atoms. The first-order chi connectivity index (χ1) is 14.1. The fraction of sp³-hybridized carbons (Fsp3) is 0.238. The number of benzene rings is 2. The SMILES string of the molecule is O=C(Cc1cnn(-c2ccccc2)c1)N1CCN(c2ccc([N+](=O)[O-])cc2)CC1. The first kappa shape index (κ1) is 18.7. The molecule has 0 N–H and O–H groups in total. The first-order valence-electron chi connectivity index (χ1n) is 9.46. The van der Waals surface area contributed by atoms with Crippen molar-refractivity contribution in [2.24, 2.45) is 0 Å². The van der Waals surface area contributed by atoms with Gasteiger partial charge in [0.15, 0.2) is 0 Å². The smallest absolute Gasteiger partial charge is 0.269 e. The summed E-state index contributed by atoms with van der Waals surface area (Å²) in [6, 6.07) is 16.3. The van der Waals surface area contributed by atoms with Gasteiger partial charge in [0.1, 0.15) is 0 Å². The topological polar surface area (TPSA) is 84.5 Å². The maximum Gasteiger partial charge on any atom is 0.269 e. The molecule has 2 heterocycles. The van der Waals surface area contributed by atoms with E-state index in [1.54, 1.807) is 23.0 Å². The molecule has 3 aromatic rings. The van der Waals surface area contributed by atoms with Gasteiger partial charge in [-0.15, -0.1) is 0 Å². The van der Waals surface area contributed by atoms with E-state index in [1.165, 1.54) is 12.1 Å². The second-order valence-corrected chi connectivity index (χ2v) is 6.95. The van der Waals surface area contributed by atoms with Crippen LogP contribution in [-0.2, 0) is 11.2 Å². The Labute approximate surface area is 168 Å². The van der Waals surface area contributed by atoms with Crippen molar-refractivity contribution >= 4 is 17.3 Å². The molecular formula is C21H21N5O3. The Hall–Kier alpha value is -3.68. The third-order valence-electron chi connectivity index (χ3n) is 5.07. The van der Waals surface area contributed by atoms with Crippen molar-refractivity contribution in [1.29, 1.82) is 0 Å². The molecule has 8 heteroatoms. The van der Waals surface area contributed by atoms with E-state index in [4.69, 9.17) is 0 Å². The van der Waals surface area contributed by atoms with E-state index in [0.717, 1.165) is 16.9 Å². The first-order valence-corrected chi connectivity index (χ1v) is 9.46. The Kier molecular flexibility index (Phi) is 5.24. The highest BCUT2D eigenvalue weighted by atomic mass is 16.6. The number of nitrogens with zero attached hydrogens (tertiary/aromatic N) is 5. The number of carbonyl (C=O) groups excluding carboxylic acids is 1.